The van der Waals surface area contributed by atoms with Crippen LogP contribution < -0.4 is 16.0 Å². The number of carbonyl (C=O) groups excluding carboxylic acids is 1. The molecule has 0 radical (unpaired) electrons. The Morgan fingerprint density at radius 2 is 2.15 bits per heavy atom. The molecule has 110 valence electrons. The number of hydrogen-bond donors (Lipinski definition) is 3. The quantitative estimate of drug-likeness (QED) is 0.475. The van der Waals surface area contributed by atoms with Crippen LogP contribution >= 0.6 is 0 Å². The molecule has 0 bridgehead atoms. The summed E-state index contributed by atoms with van der Waals surface area (Å²) in [7, 11) is 1.53. The predicted molar refractivity (Wildman–Crippen MR) is 74.6 cm³/mol. The molecule has 0 saturated heterocycles. The lowest BCUT2D eigenvalue weighted by Crippen LogP contribution is -2.21. The number of rotatable bonds is 8. The molecular formula is C11H18N6O3. The van der Waals surface area contributed by atoms with E-state index in [1.807, 2.05) is 6.92 Å². The highest BCUT2D eigenvalue weighted by molar-refractivity contribution is 5.76. The van der Waals surface area contributed by atoms with Gasteiger partial charge in [0.1, 0.15) is 6.20 Å². The number of aromatic nitrogens is 2. The summed E-state index contributed by atoms with van der Waals surface area (Å²) < 4.78 is 0. The zero-order chi connectivity index (χ0) is 15.0. The maximum Gasteiger partial charge on any atom is 0.329 e. The van der Waals surface area contributed by atoms with Crippen molar-refractivity contribution in [2.75, 3.05) is 30.8 Å². The summed E-state index contributed by atoms with van der Waals surface area (Å²) in [5, 5.41) is 19.1. The summed E-state index contributed by atoms with van der Waals surface area (Å²) >= 11 is 0. The summed E-state index contributed by atoms with van der Waals surface area (Å²) in [6, 6.07) is 0. The van der Waals surface area contributed by atoms with Gasteiger partial charge in [0.2, 0.25) is 17.7 Å². The molecule has 0 aliphatic heterocycles. The Labute approximate surface area is 116 Å². The Balaban J connectivity index is 2.77. The molecule has 0 saturated carbocycles. The van der Waals surface area contributed by atoms with E-state index < -0.39 is 4.92 Å². The van der Waals surface area contributed by atoms with Crippen LogP contribution in [0.5, 0.6) is 0 Å². The van der Waals surface area contributed by atoms with Gasteiger partial charge in [0.05, 0.1) is 4.92 Å². The zero-order valence-corrected chi connectivity index (χ0v) is 11.5. The van der Waals surface area contributed by atoms with Gasteiger partial charge in [-0.3, -0.25) is 14.9 Å². The van der Waals surface area contributed by atoms with Crippen molar-refractivity contribution in [2.45, 2.75) is 19.8 Å². The van der Waals surface area contributed by atoms with Gasteiger partial charge in [-0.25, -0.2) is 4.98 Å². The van der Waals surface area contributed by atoms with Crippen LogP contribution in [0, 0.1) is 10.1 Å². The minimum Gasteiger partial charge on any atom is -0.364 e. The van der Waals surface area contributed by atoms with Crippen molar-refractivity contribution < 1.29 is 9.72 Å². The fourth-order valence-electron chi connectivity index (χ4n) is 1.38. The summed E-state index contributed by atoms with van der Waals surface area (Å²) in [5.41, 5.74) is -0.219. The second kappa shape index (κ2) is 7.87. The molecule has 0 unspecified atom stereocenters. The molecule has 9 heteroatoms. The van der Waals surface area contributed by atoms with E-state index in [0.29, 0.717) is 12.5 Å². The number of hydrogen-bond acceptors (Lipinski definition) is 7. The van der Waals surface area contributed by atoms with Crippen molar-refractivity contribution in [1.82, 2.24) is 15.3 Å². The lowest BCUT2D eigenvalue weighted by atomic mass is 10.4. The normalized spacial score (nSPS) is 9.90. The highest BCUT2D eigenvalue weighted by Crippen LogP contribution is 2.21. The van der Waals surface area contributed by atoms with Gasteiger partial charge < -0.3 is 16.0 Å². The van der Waals surface area contributed by atoms with E-state index >= 15 is 0 Å². The minimum absolute atomic E-state index is 0.104. The largest absolute Gasteiger partial charge is 0.364 e. The lowest BCUT2D eigenvalue weighted by molar-refractivity contribution is -0.384. The molecule has 0 aliphatic carbocycles. The van der Waals surface area contributed by atoms with Gasteiger partial charge in [-0.1, -0.05) is 6.92 Å². The first-order valence-electron chi connectivity index (χ1n) is 6.28. The Morgan fingerprint density at radius 1 is 1.40 bits per heavy atom. The van der Waals surface area contributed by atoms with Crippen LogP contribution in [0.25, 0.3) is 0 Å². The van der Waals surface area contributed by atoms with Gasteiger partial charge in [0.25, 0.3) is 0 Å². The molecule has 0 atom stereocenters. The average Bonchev–Trinajstić information content (AvgIpc) is 2.44. The van der Waals surface area contributed by atoms with Crippen molar-refractivity contribution in [3.8, 4) is 0 Å². The van der Waals surface area contributed by atoms with E-state index in [0.717, 1.165) is 12.6 Å². The van der Waals surface area contributed by atoms with E-state index in [9.17, 15) is 14.9 Å². The molecule has 3 N–H and O–H groups in total. The Kier molecular flexibility index (Phi) is 6.14. The molecule has 1 aromatic heterocycles. The Hall–Kier alpha value is -2.45. The van der Waals surface area contributed by atoms with E-state index in [1.54, 1.807) is 0 Å². The first kappa shape index (κ1) is 15.6. The van der Waals surface area contributed by atoms with Gasteiger partial charge in [-0.15, -0.1) is 0 Å². The van der Waals surface area contributed by atoms with Crippen molar-refractivity contribution in [3.63, 3.8) is 0 Å². The zero-order valence-electron chi connectivity index (χ0n) is 11.5. The number of nitro groups is 1. The fourth-order valence-corrected chi connectivity index (χ4v) is 1.38. The van der Waals surface area contributed by atoms with Crippen LogP contribution in [-0.2, 0) is 4.79 Å². The highest BCUT2D eigenvalue weighted by Gasteiger charge is 2.17. The molecule has 1 aromatic rings. The molecule has 1 amide bonds. The van der Waals surface area contributed by atoms with E-state index in [-0.39, 0.29) is 30.4 Å². The SMILES string of the molecule is CCCNc1ncc([N+](=O)[O-])c(NCCC(=O)NC)n1. The van der Waals surface area contributed by atoms with Gasteiger partial charge in [0, 0.05) is 26.6 Å². The van der Waals surface area contributed by atoms with Crippen molar-refractivity contribution in [1.29, 1.82) is 0 Å². The van der Waals surface area contributed by atoms with E-state index in [2.05, 4.69) is 25.9 Å². The molecule has 20 heavy (non-hydrogen) atoms. The van der Waals surface area contributed by atoms with Crippen molar-refractivity contribution in [3.05, 3.63) is 16.3 Å². The topological polar surface area (TPSA) is 122 Å². The molecule has 9 nitrogen and oxygen atoms in total. The van der Waals surface area contributed by atoms with Crippen LogP contribution in [0.1, 0.15) is 19.8 Å². The number of carbonyl (C=O) groups is 1. The van der Waals surface area contributed by atoms with E-state index in [4.69, 9.17) is 0 Å². The van der Waals surface area contributed by atoms with Crippen LogP contribution in [0.3, 0.4) is 0 Å². The summed E-state index contributed by atoms with van der Waals surface area (Å²) in [6.45, 7) is 2.92. The van der Waals surface area contributed by atoms with Crippen LogP contribution in [0.2, 0.25) is 0 Å². The van der Waals surface area contributed by atoms with Crippen molar-refractivity contribution >= 4 is 23.4 Å². The van der Waals surface area contributed by atoms with Crippen LogP contribution in [0.15, 0.2) is 6.20 Å². The number of anilines is 2. The third kappa shape index (κ3) is 4.67. The van der Waals surface area contributed by atoms with Gasteiger partial charge >= 0.3 is 5.69 Å². The van der Waals surface area contributed by atoms with Gasteiger partial charge in [0.15, 0.2) is 0 Å². The molecular weight excluding hydrogens is 264 g/mol. The van der Waals surface area contributed by atoms with Crippen LogP contribution in [-0.4, -0.2) is 40.9 Å². The van der Waals surface area contributed by atoms with E-state index in [1.165, 1.54) is 7.05 Å². The number of nitrogens with one attached hydrogen (secondary N) is 3. The number of nitrogens with zero attached hydrogens (tertiary/aromatic N) is 3. The maximum atomic E-state index is 11.1. The standard InChI is InChI=1S/C11H18N6O3/c1-3-5-14-11-15-7-8(17(19)20)10(16-11)13-6-4-9(18)12-2/h7H,3-6H2,1-2H3,(H,12,18)(H2,13,14,15,16). The fraction of sp³-hybridized carbons (Fsp3) is 0.545. The molecule has 1 rings (SSSR count). The Bertz CT molecular complexity index is 479. The molecule has 0 spiro atoms. The summed E-state index contributed by atoms with van der Waals surface area (Å²) in [6.07, 6.45) is 2.24. The molecule has 0 aromatic carbocycles. The third-order valence-corrected chi connectivity index (χ3v) is 2.42. The first-order valence-corrected chi connectivity index (χ1v) is 6.28. The summed E-state index contributed by atoms with van der Waals surface area (Å²) in [4.78, 5) is 29.3. The average molecular weight is 282 g/mol. The lowest BCUT2D eigenvalue weighted by Gasteiger charge is -2.08. The maximum absolute atomic E-state index is 11.1. The Morgan fingerprint density at radius 3 is 2.75 bits per heavy atom. The number of amides is 1. The molecule has 0 fully saturated rings. The summed E-state index contributed by atoms with van der Waals surface area (Å²) in [5.74, 6) is 0.269. The smallest absolute Gasteiger partial charge is 0.329 e. The van der Waals surface area contributed by atoms with Gasteiger partial charge in [-0.05, 0) is 6.42 Å². The van der Waals surface area contributed by atoms with Gasteiger partial charge in [-0.2, -0.15) is 4.98 Å². The molecule has 0 aliphatic rings. The second-order valence-corrected chi connectivity index (χ2v) is 3.96. The minimum atomic E-state index is -0.564. The van der Waals surface area contributed by atoms with Crippen molar-refractivity contribution in [2.24, 2.45) is 0 Å². The molecule has 1 heterocycles. The van der Waals surface area contributed by atoms with Crippen LogP contribution in [0.4, 0.5) is 17.5 Å². The predicted octanol–water partition coefficient (Wildman–Crippen LogP) is 0.755. The second-order valence-electron chi connectivity index (χ2n) is 3.96. The highest BCUT2D eigenvalue weighted by atomic mass is 16.6. The third-order valence-electron chi connectivity index (χ3n) is 2.42. The monoisotopic (exact) mass is 282 g/mol. The first-order chi connectivity index (χ1) is 9.58.